The Morgan fingerprint density at radius 3 is 1.30 bits per heavy atom. The van der Waals surface area contributed by atoms with Gasteiger partial charge in [-0.25, -0.2) is 19.6 Å². The second-order valence-electron chi connectivity index (χ2n) is 26.4. The number of fused-ring (bicyclic) bond motifs is 22. The van der Waals surface area contributed by atoms with Gasteiger partial charge in [-0.2, -0.15) is 19.2 Å². The molecule has 6 aromatic rings. The van der Waals surface area contributed by atoms with Gasteiger partial charge < -0.3 is 69.3 Å². The number of carbonyl (C=O) groups is 4. The smallest absolute Gasteiger partial charge is 0.337 e. The Balaban J connectivity index is 0.000000213. The Morgan fingerprint density at radius 1 is 0.589 bits per heavy atom. The Hall–Kier alpha value is -7.48. The molecule has 0 spiro atoms. The number of amides is 2. The van der Waals surface area contributed by atoms with Crippen molar-refractivity contribution in [3.63, 3.8) is 0 Å². The van der Waals surface area contributed by atoms with Crippen molar-refractivity contribution in [2.24, 2.45) is 0 Å². The average molecular weight is 1250 g/mol. The van der Waals surface area contributed by atoms with E-state index < -0.39 is 59.4 Å². The van der Waals surface area contributed by atoms with Gasteiger partial charge in [0.25, 0.3) is 11.8 Å². The normalized spacial score (nSPS) is 22.8. The summed E-state index contributed by atoms with van der Waals surface area (Å²) in [5.41, 5.74) is 2.33. The molecule has 2 amide bonds. The third kappa shape index (κ3) is 16.7. The van der Waals surface area contributed by atoms with E-state index in [1.807, 2.05) is 90.1 Å². The Kier molecular flexibility index (Phi) is 21.1. The van der Waals surface area contributed by atoms with Crippen LogP contribution in [-0.4, -0.2) is 174 Å². The maximum absolute atomic E-state index is 13.3. The summed E-state index contributed by atoms with van der Waals surface area (Å²) < 4.78 is 40.2. The average Bonchev–Trinajstić information content (AvgIpc) is 1.47. The van der Waals surface area contributed by atoms with Gasteiger partial charge in [0.2, 0.25) is 0 Å². The number of aromatic nitrogens is 6. The van der Waals surface area contributed by atoms with E-state index in [4.69, 9.17) is 28.4 Å². The predicted molar refractivity (Wildman–Crippen MR) is 336 cm³/mol. The van der Waals surface area contributed by atoms with E-state index in [2.05, 4.69) is 54.4 Å². The first-order chi connectivity index (χ1) is 42.7. The van der Waals surface area contributed by atoms with Crippen LogP contribution in [0.3, 0.4) is 0 Å². The summed E-state index contributed by atoms with van der Waals surface area (Å²) >= 11 is 0. The quantitative estimate of drug-likeness (QED) is 0.0930. The van der Waals surface area contributed by atoms with E-state index in [-0.39, 0.29) is 35.7 Å². The number of carbonyl (C=O) groups excluding carboxylic acids is 2. The molecule has 4 atom stereocenters. The Labute approximate surface area is 525 Å². The fraction of sp³-hybridized carbons (Fsp3) is 0.576. The van der Waals surface area contributed by atoms with Crippen LogP contribution in [0, 0.1) is 13.8 Å². The van der Waals surface area contributed by atoms with E-state index in [1.165, 1.54) is 0 Å². The van der Waals surface area contributed by atoms with Crippen molar-refractivity contribution in [1.29, 1.82) is 0 Å². The van der Waals surface area contributed by atoms with E-state index in [0.717, 1.165) is 36.8 Å². The van der Waals surface area contributed by atoms with Crippen molar-refractivity contribution >= 4 is 46.7 Å². The number of carboxylic acids is 2. The molecular formula is C66H90N10O14. The number of hydrogen-bond acceptors (Lipinski definition) is 18. The van der Waals surface area contributed by atoms with Crippen LogP contribution in [0.15, 0.2) is 60.7 Å². The highest BCUT2D eigenvalue weighted by Crippen LogP contribution is 2.40. The molecule has 0 radical (unpaired) electrons. The molecule has 2 unspecified atom stereocenters. The molecule has 6 aliphatic heterocycles. The summed E-state index contributed by atoms with van der Waals surface area (Å²) in [7, 11) is 0. The lowest BCUT2D eigenvalue weighted by Gasteiger charge is -2.41. The maximum atomic E-state index is 13.3. The highest BCUT2D eigenvalue weighted by molar-refractivity contribution is 5.94. The molecule has 12 rings (SSSR count). The number of ether oxygens (including phenoxy) is 6. The van der Waals surface area contributed by atoms with E-state index >= 15 is 0 Å². The van der Waals surface area contributed by atoms with Crippen LogP contribution in [0.2, 0.25) is 0 Å². The molecule has 488 valence electrons. The van der Waals surface area contributed by atoms with Gasteiger partial charge in [0.15, 0.2) is 34.9 Å². The van der Waals surface area contributed by atoms with Crippen LogP contribution < -0.4 is 29.9 Å². The number of aliphatic carboxylic acids is 2. The van der Waals surface area contributed by atoms with Crippen LogP contribution in [0.1, 0.15) is 174 Å². The molecule has 10 heterocycles. The lowest BCUT2D eigenvalue weighted by molar-refractivity contribution is -0.161. The minimum absolute atomic E-state index is 0.00810. The largest absolute Gasteiger partial charge is 0.493 e. The number of nitrogens with zero attached hydrogens (tertiary/aromatic N) is 8. The number of hydrogen-bond donors (Lipinski definition) is 6. The number of carboxylic acid groups (broad SMARTS) is 2. The molecule has 2 fully saturated rings. The number of aliphatic hydroxyl groups excluding tert-OH is 2. The molecule has 24 nitrogen and oxygen atoms in total. The fourth-order valence-electron chi connectivity index (χ4n) is 11.8. The second kappa shape index (κ2) is 28.4. The number of para-hydroxylation sites is 2. The van der Waals surface area contributed by atoms with Crippen molar-refractivity contribution < 1.29 is 68.0 Å². The van der Waals surface area contributed by atoms with Crippen molar-refractivity contribution in [1.82, 2.24) is 39.8 Å². The van der Waals surface area contributed by atoms with Gasteiger partial charge in [-0.15, -0.1) is 0 Å². The number of piperidine rings is 2. The molecule has 6 aliphatic rings. The first-order valence-electron chi connectivity index (χ1n) is 31.4. The van der Waals surface area contributed by atoms with Gasteiger partial charge >= 0.3 is 11.9 Å². The molecule has 24 heteroatoms. The highest BCUT2D eigenvalue weighted by atomic mass is 16.5. The molecule has 6 N–H and O–H groups in total. The molecule has 2 saturated heterocycles. The van der Waals surface area contributed by atoms with Gasteiger partial charge in [-0.1, -0.05) is 36.4 Å². The summed E-state index contributed by atoms with van der Waals surface area (Å²) in [6, 6.07) is 18.4. The van der Waals surface area contributed by atoms with E-state index in [9.17, 15) is 39.6 Å². The number of aliphatic hydroxyl groups is 2. The molecule has 90 heavy (non-hydrogen) atoms. The number of rotatable bonds is 6. The summed E-state index contributed by atoms with van der Waals surface area (Å²) in [4.78, 5) is 65.4. The molecular weight excluding hydrogens is 1160 g/mol. The second-order valence-corrected chi connectivity index (χ2v) is 26.4. The molecule has 0 saturated carbocycles. The van der Waals surface area contributed by atoms with Gasteiger partial charge in [0.05, 0.1) is 59.0 Å². The molecule has 8 bridgehead atoms. The Morgan fingerprint density at radius 2 is 0.944 bits per heavy atom. The van der Waals surface area contributed by atoms with Crippen LogP contribution >= 0.6 is 0 Å². The number of anilines is 2. The van der Waals surface area contributed by atoms with Crippen LogP contribution in [-0.2, 0) is 41.4 Å². The zero-order valence-corrected chi connectivity index (χ0v) is 53.7. The van der Waals surface area contributed by atoms with Crippen LogP contribution in [0.4, 0.5) is 11.6 Å². The van der Waals surface area contributed by atoms with Crippen LogP contribution in [0.5, 0.6) is 11.5 Å². The summed E-state index contributed by atoms with van der Waals surface area (Å²) in [5, 5.41) is 57.1. The van der Waals surface area contributed by atoms with Gasteiger partial charge in [-0.3, -0.25) is 9.59 Å². The van der Waals surface area contributed by atoms with E-state index in [0.29, 0.717) is 148 Å². The van der Waals surface area contributed by atoms with Crippen LogP contribution in [0.25, 0.3) is 11.3 Å². The zero-order valence-electron chi connectivity index (χ0n) is 53.7. The summed E-state index contributed by atoms with van der Waals surface area (Å²) in [6.45, 7) is 23.2. The zero-order chi connectivity index (χ0) is 64.7. The maximum Gasteiger partial charge on any atom is 0.337 e. The minimum Gasteiger partial charge on any atom is -0.493 e. The lowest BCUT2D eigenvalue weighted by atomic mass is 9.92. The van der Waals surface area contributed by atoms with Crippen molar-refractivity contribution in [3.8, 4) is 11.5 Å². The Bertz CT molecular complexity index is 3270. The first kappa shape index (κ1) is 66.9. The number of benzene rings is 2. The fourth-order valence-corrected chi connectivity index (χ4v) is 11.8. The minimum atomic E-state index is -1.31. The molecule has 2 aromatic carbocycles. The highest BCUT2D eigenvalue weighted by Gasteiger charge is 2.40. The first-order valence-corrected chi connectivity index (χ1v) is 31.4. The third-order valence-electron chi connectivity index (χ3n) is 16.6. The van der Waals surface area contributed by atoms with Crippen molar-refractivity contribution in [2.45, 2.75) is 180 Å². The topological polar surface area (TPSA) is 295 Å². The van der Waals surface area contributed by atoms with Crippen molar-refractivity contribution in [3.05, 3.63) is 106 Å². The van der Waals surface area contributed by atoms with Gasteiger partial charge in [-0.05, 0) is 144 Å². The monoisotopic (exact) mass is 1250 g/mol. The predicted octanol–water partition coefficient (Wildman–Crippen LogP) is 7.72. The van der Waals surface area contributed by atoms with Gasteiger partial charge in [0, 0.05) is 88.8 Å². The van der Waals surface area contributed by atoms with E-state index in [1.54, 1.807) is 35.0 Å². The molecule has 0 aliphatic carbocycles. The summed E-state index contributed by atoms with van der Waals surface area (Å²) in [6.07, 6.45) is 2.44. The lowest BCUT2D eigenvalue weighted by Crippen LogP contribution is -2.46. The molecule has 4 aromatic heterocycles. The SMILES string of the molecule is Cc1nc2cc3nn2c(c1[C@H](OC(C)(C)C)C(=O)O)N1CCC(C)(CC1)OCCCCOc1ccccc1CC(O)CNC3=O.Cc1nc2cc3nn2c(c1[C@H](OC(C)(C)C)C(=O)O)N1CCC(C)(CC1)OCCCCOc1ccccc1CC(O)CNC3=O. The summed E-state index contributed by atoms with van der Waals surface area (Å²) in [5.74, 6) is -0.709. The van der Waals surface area contributed by atoms with Crippen molar-refractivity contribution in [2.75, 3.05) is 75.5 Å². The standard InChI is InChI=1S/2C33H45N5O7/c2*1-21-27(28(31(41)42)45-32(2,3)4)30-37-14-12-33(5,13-15-37)44-17-9-8-16-43-25-11-7-6-10-22(25)18-23(39)20-34-29(40)24-19-26(35-21)38(30)36-24/h2*6-7,10-11,19,23,28,39H,8-9,12-18,20H2,1-5H3,(H,34,40)(H,41,42)/t2*23?,28-/m00/s1. The number of aryl methyl sites for hydroxylation is 2. The van der Waals surface area contributed by atoms with Gasteiger partial charge in [0.1, 0.15) is 23.1 Å². The number of nitrogens with one attached hydrogen (secondary N) is 2. The third-order valence-corrected chi connectivity index (χ3v) is 16.6.